The monoisotopic (exact) mass is 278 g/mol. The second kappa shape index (κ2) is 5.03. The molecule has 0 amide bonds. The van der Waals surface area contributed by atoms with Gasteiger partial charge in [0.2, 0.25) is 0 Å². The number of rotatable bonds is 3. The Morgan fingerprint density at radius 3 is 2.53 bits per heavy atom. The SMILES string of the molecule is CCC(C)C(O)c1ccc(F)c(F)c1Br. The van der Waals surface area contributed by atoms with Gasteiger partial charge >= 0.3 is 0 Å². The average molecular weight is 279 g/mol. The quantitative estimate of drug-likeness (QED) is 0.834. The molecule has 15 heavy (non-hydrogen) atoms. The van der Waals surface area contributed by atoms with E-state index >= 15 is 0 Å². The molecule has 2 unspecified atom stereocenters. The van der Waals surface area contributed by atoms with E-state index in [1.807, 2.05) is 13.8 Å². The maximum absolute atomic E-state index is 13.2. The van der Waals surface area contributed by atoms with E-state index in [0.29, 0.717) is 5.56 Å². The molecule has 0 spiro atoms. The van der Waals surface area contributed by atoms with Gasteiger partial charge in [0.25, 0.3) is 0 Å². The molecule has 0 bridgehead atoms. The van der Waals surface area contributed by atoms with Gasteiger partial charge in [0.05, 0.1) is 10.6 Å². The molecule has 1 rings (SSSR count). The molecule has 0 aliphatic rings. The maximum Gasteiger partial charge on any atom is 0.173 e. The molecular formula is C11H13BrF2O. The zero-order valence-corrected chi connectivity index (χ0v) is 10.2. The van der Waals surface area contributed by atoms with Crippen molar-refractivity contribution in [1.82, 2.24) is 0 Å². The number of hydrogen-bond donors (Lipinski definition) is 1. The van der Waals surface area contributed by atoms with Gasteiger partial charge in [-0.3, -0.25) is 0 Å². The van der Waals surface area contributed by atoms with E-state index in [0.717, 1.165) is 12.5 Å². The second-order valence-corrected chi connectivity index (χ2v) is 4.39. The number of hydrogen-bond acceptors (Lipinski definition) is 1. The van der Waals surface area contributed by atoms with Crippen LogP contribution in [0.4, 0.5) is 8.78 Å². The molecule has 1 N–H and O–H groups in total. The van der Waals surface area contributed by atoms with Crippen LogP contribution in [0.2, 0.25) is 0 Å². The van der Waals surface area contributed by atoms with Crippen LogP contribution < -0.4 is 0 Å². The van der Waals surface area contributed by atoms with Crippen molar-refractivity contribution in [3.8, 4) is 0 Å². The Balaban J connectivity index is 3.10. The predicted octanol–water partition coefficient (Wildman–Crippen LogP) is 3.81. The van der Waals surface area contributed by atoms with Crippen LogP contribution in [0.3, 0.4) is 0 Å². The predicted molar refractivity (Wildman–Crippen MR) is 58.5 cm³/mol. The molecule has 1 aromatic carbocycles. The Bertz CT molecular complexity index is 355. The topological polar surface area (TPSA) is 20.2 Å². The van der Waals surface area contributed by atoms with E-state index in [1.165, 1.54) is 6.07 Å². The summed E-state index contributed by atoms with van der Waals surface area (Å²) in [6.07, 6.45) is -0.00783. The first-order valence-electron chi connectivity index (χ1n) is 4.80. The first kappa shape index (κ1) is 12.6. The highest BCUT2D eigenvalue weighted by Gasteiger charge is 2.20. The van der Waals surface area contributed by atoms with Gasteiger partial charge in [-0.05, 0) is 33.5 Å². The summed E-state index contributed by atoms with van der Waals surface area (Å²) in [5.41, 5.74) is 0.392. The summed E-state index contributed by atoms with van der Waals surface area (Å²) in [5, 5.41) is 9.87. The fraction of sp³-hybridized carbons (Fsp3) is 0.455. The lowest BCUT2D eigenvalue weighted by atomic mass is 9.95. The van der Waals surface area contributed by atoms with E-state index in [2.05, 4.69) is 15.9 Å². The van der Waals surface area contributed by atoms with Crippen molar-refractivity contribution in [1.29, 1.82) is 0 Å². The molecule has 0 fully saturated rings. The molecule has 84 valence electrons. The molecule has 1 nitrogen and oxygen atoms in total. The minimum Gasteiger partial charge on any atom is -0.388 e. The summed E-state index contributed by atoms with van der Waals surface area (Å²) in [7, 11) is 0. The van der Waals surface area contributed by atoms with E-state index in [-0.39, 0.29) is 10.4 Å². The molecule has 0 saturated carbocycles. The average Bonchev–Trinajstić information content (AvgIpc) is 2.24. The van der Waals surface area contributed by atoms with Gasteiger partial charge < -0.3 is 5.11 Å². The first-order valence-corrected chi connectivity index (χ1v) is 5.59. The van der Waals surface area contributed by atoms with Crippen LogP contribution in [0.25, 0.3) is 0 Å². The Kier molecular flexibility index (Phi) is 4.22. The minimum absolute atomic E-state index is 0.00570. The van der Waals surface area contributed by atoms with Crippen LogP contribution in [0.1, 0.15) is 31.9 Å². The number of aliphatic hydroxyl groups is 1. The lowest BCUT2D eigenvalue weighted by molar-refractivity contribution is 0.114. The van der Waals surface area contributed by atoms with E-state index in [4.69, 9.17) is 0 Å². The Labute approximate surface area is 96.2 Å². The van der Waals surface area contributed by atoms with Crippen LogP contribution >= 0.6 is 15.9 Å². The summed E-state index contributed by atoms with van der Waals surface area (Å²) < 4.78 is 26.0. The Hall–Kier alpha value is -0.480. The smallest absolute Gasteiger partial charge is 0.173 e. The van der Waals surface area contributed by atoms with Crippen LogP contribution in [0, 0.1) is 17.6 Å². The molecule has 0 aliphatic carbocycles. The minimum atomic E-state index is -0.949. The normalized spacial score (nSPS) is 15.1. The van der Waals surface area contributed by atoms with Gasteiger partial charge in [0.15, 0.2) is 11.6 Å². The fourth-order valence-electron chi connectivity index (χ4n) is 1.30. The number of halogens is 3. The van der Waals surface area contributed by atoms with Gasteiger partial charge in [0.1, 0.15) is 0 Å². The standard InChI is InChI=1S/C11H13BrF2O/c1-3-6(2)11(15)7-4-5-8(13)10(14)9(7)12/h4-6,11,15H,3H2,1-2H3. The van der Waals surface area contributed by atoms with E-state index in [9.17, 15) is 13.9 Å². The first-order chi connectivity index (χ1) is 6.99. The summed E-state index contributed by atoms with van der Waals surface area (Å²) >= 11 is 2.95. The molecule has 0 saturated heterocycles. The largest absolute Gasteiger partial charge is 0.388 e. The van der Waals surface area contributed by atoms with E-state index < -0.39 is 17.7 Å². The number of aliphatic hydroxyl groups excluding tert-OH is 1. The van der Waals surface area contributed by atoms with Crippen molar-refractivity contribution < 1.29 is 13.9 Å². The molecule has 0 aromatic heterocycles. The van der Waals surface area contributed by atoms with Gasteiger partial charge in [-0.15, -0.1) is 0 Å². The molecule has 0 heterocycles. The summed E-state index contributed by atoms with van der Waals surface area (Å²) in [4.78, 5) is 0. The van der Waals surface area contributed by atoms with Crippen LogP contribution in [0.15, 0.2) is 16.6 Å². The lowest BCUT2D eigenvalue weighted by Gasteiger charge is -2.19. The third-order valence-electron chi connectivity index (χ3n) is 2.57. The van der Waals surface area contributed by atoms with Crippen molar-refractivity contribution in [2.45, 2.75) is 26.4 Å². The maximum atomic E-state index is 13.2. The van der Waals surface area contributed by atoms with Crippen LogP contribution in [0.5, 0.6) is 0 Å². The summed E-state index contributed by atoms with van der Waals surface area (Å²) in [6, 6.07) is 2.43. The van der Waals surface area contributed by atoms with Crippen molar-refractivity contribution in [2.24, 2.45) is 5.92 Å². The number of benzene rings is 1. The third-order valence-corrected chi connectivity index (χ3v) is 3.37. The Morgan fingerprint density at radius 1 is 1.40 bits per heavy atom. The van der Waals surface area contributed by atoms with Crippen molar-refractivity contribution >= 4 is 15.9 Å². The second-order valence-electron chi connectivity index (χ2n) is 3.59. The van der Waals surface area contributed by atoms with Gasteiger partial charge in [-0.1, -0.05) is 26.3 Å². The van der Waals surface area contributed by atoms with Gasteiger partial charge in [0, 0.05) is 0 Å². The van der Waals surface area contributed by atoms with Crippen molar-refractivity contribution in [3.05, 3.63) is 33.8 Å². The molecule has 0 radical (unpaired) electrons. The van der Waals surface area contributed by atoms with Gasteiger partial charge in [-0.25, -0.2) is 8.78 Å². The van der Waals surface area contributed by atoms with Crippen molar-refractivity contribution in [3.63, 3.8) is 0 Å². The lowest BCUT2D eigenvalue weighted by Crippen LogP contribution is -2.09. The Morgan fingerprint density at radius 2 is 2.00 bits per heavy atom. The molecule has 4 heteroatoms. The van der Waals surface area contributed by atoms with Crippen LogP contribution in [-0.4, -0.2) is 5.11 Å². The highest BCUT2D eigenvalue weighted by molar-refractivity contribution is 9.10. The van der Waals surface area contributed by atoms with E-state index in [1.54, 1.807) is 0 Å². The third kappa shape index (κ3) is 2.55. The van der Waals surface area contributed by atoms with Crippen LogP contribution in [-0.2, 0) is 0 Å². The zero-order valence-electron chi connectivity index (χ0n) is 8.60. The van der Waals surface area contributed by atoms with Gasteiger partial charge in [-0.2, -0.15) is 0 Å². The summed E-state index contributed by atoms with van der Waals surface area (Å²) in [6.45, 7) is 3.79. The molecular weight excluding hydrogens is 266 g/mol. The molecule has 0 aliphatic heterocycles. The van der Waals surface area contributed by atoms with Crippen molar-refractivity contribution in [2.75, 3.05) is 0 Å². The molecule has 1 aromatic rings. The zero-order chi connectivity index (χ0) is 11.6. The molecule has 2 atom stereocenters. The highest BCUT2D eigenvalue weighted by Crippen LogP contribution is 2.32. The fourth-order valence-corrected chi connectivity index (χ4v) is 1.86. The summed E-state index contributed by atoms with van der Waals surface area (Å²) in [5.74, 6) is -1.86. The highest BCUT2D eigenvalue weighted by atomic mass is 79.9.